The average Bonchev–Trinajstić information content (AvgIpc) is 2.94. The van der Waals surface area contributed by atoms with E-state index in [1.54, 1.807) is 13.4 Å². The van der Waals surface area contributed by atoms with Gasteiger partial charge in [0.2, 0.25) is 0 Å². The van der Waals surface area contributed by atoms with Crippen molar-refractivity contribution in [3.05, 3.63) is 41.5 Å². The zero-order chi connectivity index (χ0) is 14.8. The molecule has 1 aliphatic rings. The summed E-state index contributed by atoms with van der Waals surface area (Å²) >= 11 is 0. The van der Waals surface area contributed by atoms with Crippen molar-refractivity contribution in [3.8, 4) is 5.75 Å². The lowest BCUT2D eigenvalue weighted by molar-refractivity contribution is 0.204. The fraction of sp³-hybridized carbons (Fsp3) is 0.467. The first-order valence-electron chi connectivity index (χ1n) is 7.16. The van der Waals surface area contributed by atoms with E-state index < -0.39 is 0 Å². The highest BCUT2D eigenvalue weighted by molar-refractivity contribution is 5.39. The quantitative estimate of drug-likeness (QED) is 0.912. The number of rotatable bonds is 4. The van der Waals surface area contributed by atoms with Gasteiger partial charge in [-0.15, -0.1) is 10.2 Å². The van der Waals surface area contributed by atoms with E-state index in [4.69, 9.17) is 10.5 Å². The van der Waals surface area contributed by atoms with E-state index in [-0.39, 0.29) is 6.04 Å². The number of hydrogen-bond donors (Lipinski definition) is 1. The van der Waals surface area contributed by atoms with Crippen LogP contribution in [0.4, 0.5) is 0 Å². The van der Waals surface area contributed by atoms with Gasteiger partial charge in [-0.25, -0.2) is 0 Å². The van der Waals surface area contributed by atoms with Gasteiger partial charge in [0.1, 0.15) is 17.9 Å². The Morgan fingerprint density at radius 3 is 3.05 bits per heavy atom. The van der Waals surface area contributed by atoms with E-state index in [1.807, 2.05) is 12.1 Å². The lowest BCUT2D eigenvalue weighted by atomic mass is 10.0. The molecule has 0 fully saturated rings. The highest BCUT2D eigenvalue weighted by Gasteiger charge is 2.21. The molecule has 0 saturated heterocycles. The Hall–Kier alpha value is -1.92. The molecule has 1 aliphatic heterocycles. The maximum absolute atomic E-state index is 6.40. The number of methoxy groups -OCH3 is 1. The van der Waals surface area contributed by atoms with Crippen LogP contribution in [-0.4, -0.2) is 39.9 Å². The molecule has 0 bridgehead atoms. The molecule has 6 nitrogen and oxygen atoms in total. The number of aryl methyl sites for hydroxylation is 1. The van der Waals surface area contributed by atoms with Crippen LogP contribution in [0, 0.1) is 6.92 Å². The molecule has 1 aromatic heterocycles. The van der Waals surface area contributed by atoms with Crippen molar-refractivity contribution in [2.45, 2.75) is 26.1 Å². The van der Waals surface area contributed by atoms with Crippen LogP contribution in [0.25, 0.3) is 0 Å². The number of nitrogens with two attached hydrogens (primary N) is 1. The molecule has 2 aromatic rings. The monoisotopic (exact) mass is 287 g/mol. The number of benzene rings is 1. The summed E-state index contributed by atoms with van der Waals surface area (Å²) in [5, 5.41) is 8.09. The molecule has 21 heavy (non-hydrogen) atoms. The standard InChI is InChI=1S/C15H21N5O/c1-11-3-4-14(21-2)12(7-11)13(16)8-19-5-6-20-10-17-18-15(20)9-19/h3-4,7,10,13H,5-6,8-9,16H2,1-2H3. The Morgan fingerprint density at radius 1 is 1.38 bits per heavy atom. The molecule has 2 N–H and O–H groups in total. The maximum Gasteiger partial charge on any atom is 0.147 e. The molecular formula is C15H21N5O. The number of nitrogens with zero attached hydrogens (tertiary/aromatic N) is 4. The minimum absolute atomic E-state index is 0.0747. The summed E-state index contributed by atoms with van der Waals surface area (Å²) in [5.41, 5.74) is 8.66. The van der Waals surface area contributed by atoms with E-state index in [0.29, 0.717) is 0 Å². The van der Waals surface area contributed by atoms with Crippen LogP contribution in [0.1, 0.15) is 23.0 Å². The number of hydrogen-bond acceptors (Lipinski definition) is 5. The molecule has 0 radical (unpaired) electrons. The lowest BCUT2D eigenvalue weighted by Crippen LogP contribution is -2.38. The second-order valence-corrected chi connectivity index (χ2v) is 5.53. The zero-order valence-electron chi connectivity index (χ0n) is 12.5. The highest BCUT2D eigenvalue weighted by Crippen LogP contribution is 2.26. The van der Waals surface area contributed by atoms with Crippen LogP contribution in [0.2, 0.25) is 0 Å². The molecule has 1 aromatic carbocycles. The number of aromatic nitrogens is 3. The smallest absolute Gasteiger partial charge is 0.147 e. The first-order valence-corrected chi connectivity index (χ1v) is 7.16. The number of fused-ring (bicyclic) bond motifs is 1. The molecule has 6 heteroatoms. The molecule has 3 rings (SSSR count). The van der Waals surface area contributed by atoms with Gasteiger partial charge in [0.05, 0.1) is 13.7 Å². The molecule has 1 atom stereocenters. The van der Waals surface area contributed by atoms with Crippen molar-refractivity contribution < 1.29 is 4.74 Å². The predicted molar refractivity (Wildman–Crippen MR) is 80.0 cm³/mol. The third-order valence-corrected chi connectivity index (χ3v) is 3.96. The van der Waals surface area contributed by atoms with E-state index in [0.717, 1.165) is 43.3 Å². The molecule has 2 heterocycles. The molecule has 0 amide bonds. The Kier molecular flexibility index (Phi) is 3.90. The van der Waals surface area contributed by atoms with Crippen molar-refractivity contribution in [1.82, 2.24) is 19.7 Å². The van der Waals surface area contributed by atoms with Crippen molar-refractivity contribution >= 4 is 0 Å². The minimum Gasteiger partial charge on any atom is -0.496 e. The minimum atomic E-state index is -0.0747. The van der Waals surface area contributed by atoms with Gasteiger partial charge >= 0.3 is 0 Å². The van der Waals surface area contributed by atoms with Crippen LogP contribution in [0.3, 0.4) is 0 Å². The lowest BCUT2D eigenvalue weighted by Gasteiger charge is -2.29. The highest BCUT2D eigenvalue weighted by atomic mass is 16.5. The van der Waals surface area contributed by atoms with Gasteiger partial charge in [-0.3, -0.25) is 4.90 Å². The Bertz CT molecular complexity index is 624. The van der Waals surface area contributed by atoms with Gasteiger partial charge in [-0.1, -0.05) is 17.7 Å². The van der Waals surface area contributed by atoms with Crippen LogP contribution in [0.15, 0.2) is 24.5 Å². The van der Waals surface area contributed by atoms with Crippen molar-refractivity contribution in [2.75, 3.05) is 20.2 Å². The molecule has 0 aliphatic carbocycles. The van der Waals surface area contributed by atoms with Gasteiger partial charge in [-0.05, 0) is 13.0 Å². The molecule has 112 valence electrons. The summed E-state index contributed by atoms with van der Waals surface area (Å²) in [6.07, 6.45) is 1.79. The van der Waals surface area contributed by atoms with Gasteiger partial charge in [0, 0.05) is 31.2 Å². The van der Waals surface area contributed by atoms with Crippen LogP contribution < -0.4 is 10.5 Å². The first kappa shape index (κ1) is 14.0. The summed E-state index contributed by atoms with van der Waals surface area (Å²) in [7, 11) is 1.68. The van der Waals surface area contributed by atoms with E-state index in [2.05, 4.69) is 32.7 Å². The summed E-state index contributed by atoms with van der Waals surface area (Å²) in [6, 6.07) is 6.06. The van der Waals surface area contributed by atoms with Gasteiger partial charge < -0.3 is 15.0 Å². The normalized spacial score (nSPS) is 16.5. The van der Waals surface area contributed by atoms with Crippen molar-refractivity contribution in [2.24, 2.45) is 5.73 Å². The molecule has 0 saturated carbocycles. The second kappa shape index (κ2) is 5.83. The van der Waals surface area contributed by atoms with Crippen LogP contribution in [0.5, 0.6) is 5.75 Å². The third kappa shape index (κ3) is 2.91. The van der Waals surface area contributed by atoms with E-state index >= 15 is 0 Å². The van der Waals surface area contributed by atoms with Crippen LogP contribution >= 0.6 is 0 Å². The third-order valence-electron chi connectivity index (χ3n) is 3.96. The largest absolute Gasteiger partial charge is 0.496 e. The van der Waals surface area contributed by atoms with E-state index in [9.17, 15) is 0 Å². The zero-order valence-corrected chi connectivity index (χ0v) is 12.5. The van der Waals surface area contributed by atoms with Crippen molar-refractivity contribution in [1.29, 1.82) is 0 Å². The Balaban J connectivity index is 1.72. The summed E-state index contributed by atoms with van der Waals surface area (Å²) < 4.78 is 7.52. The van der Waals surface area contributed by atoms with Crippen LogP contribution in [-0.2, 0) is 13.1 Å². The summed E-state index contributed by atoms with van der Waals surface area (Å²) in [4.78, 5) is 2.32. The summed E-state index contributed by atoms with van der Waals surface area (Å²) in [6.45, 7) is 5.53. The number of ether oxygens (including phenoxy) is 1. The topological polar surface area (TPSA) is 69.2 Å². The van der Waals surface area contributed by atoms with Gasteiger partial charge in [0.25, 0.3) is 0 Å². The van der Waals surface area contributed by atoms with Crippen molar-refractivity contribution in [3.63, 3.8) is 0 Å². The Labute approximate surface area is 124 Å². The summed E-state index contributed by atoms with van der Waals surface area (Å²) in [5.74, 6) is 1.86. The SMILES string of the molecule is COc1ccc(C)cc1C(N)CN1CCn2cnnc2C1. The molecule has 0 spiro atoms. The molecule has 1 unspecified atom stereocenters. The fourth-order valence-corrected chi connectivity index (χ4v) is 2.79. The second-order valence-electron chi connectivity index (χ2n) is 5.53. The predicted octanol–water partition coefficient (Wildman–Crippen LogP) is 1.11. The first-order chi connectivity index (χ1) is 10.2. The maximum atomic E-state index is 6.40. The molecular weight excluding hydrogens is 266 g/mol. The van der Waals surface area contributed by atoms with E-state index in [1.165, 1.54) is 5.56 Å². The fourth-order valence-electron chi connectivity index (χ4n) is 2.79. The van der Waals surface area contributed by atoms with Gasteiger partial charge in [-0.2, -0.15) is 0 Å². The Morgan fingerprint density at radius 2 is 2.24 bits per heavy atom. The van der Waals surface area contributed by atoms with Gasteiger partial charge in [0.15, 0.2) is 0 Å². The average molecular weight is 287 g/mol.